The molecule has 6 nitrogen and oxygen atoms in total. The maximum Gasteiger partial charge on any atom is 0.276 e. The standard InChI is InChI=1S/C15H12ClFN2O4/c1-9-13(19(21)22)3-2-4-14(9)23-8-15(20)18-12-6-5-10(17)7-11(12)16/h2-7H,8H2,1H3,(H,18,20). The molecule has 2 aromatic carbocycles. The summed E-state index contributed by atoms with van der Waals surface area (Å²) < 4.78 is 18.2. The fraction of sp³-hybridized carbons (Fsp3) is 0.133. The number of halogens is 2. The average molecular weight is 339 g/mol. The van der Waals surface area contributed by atoms with Crippen LogP contribution in [-0.4, -0.2) is 17.4 Å². The van der Waals surface area contributed by atoms with Gasteiger partial charge in [0.2, 0.25) is 0 Å². The van der Waals surface area contributed by atoms with E-state index in [1.165, 1.54) is 31.2 Å². The molecule has 0 fully saturated rings. The van der Waals surface area contributed by atoms with Gasteiger partial charge in [0.25, 0.3) is 11.6 Å². The van der Waals surface area contributed by atoms with Crippen molar-refractivity contribution in [3.8, 4) is 5.75 Å². The van der Waals surface area contributed by atoms with E-state index in [2.05, 4.69) is 5.32 Å². The van der Waals surface area contributed by atoms with Crippen LogP contribution in [0.15, 0.2) is 36.4 Å². The Kier molecular flexibility index (Phi) is 5.13. The highest BCUT2D eigenvalue weighted by Gasteiger charge is 2.15. The number of nitrogens with one attached hydrogen (secondary N) is 1. The number of ether oxygens (including phenoxy) is 1. The van der Waals surface area contributed by atoms with Crippen LogP contribution in [-0.2, 0) is 4.79 Å². The van der Waals surface area contributed by atoms with Gasteiger partial charge in [0, 0.05) is 6.07 Å². The Balaban J connectivity index is 2.02. The van der Waals surface area contributed by atoms with Crippen LogP contribution in [0.25, 0.3) is 0 Å². The number of rotatable bonds is 5. The Morgan fingerprint density at radius 2 is 2.13 bits per heavy atom. The lowest BCUT2D eigenvalue weighted by Crippen LogP contribution is -2.20. The van der Waals surface area contributed by atoms with Crippen molar-refractivity contribution in [1.82, 2.24) is 0 Å². The van der Waals surface area contributed by atoms with Gasteiger partial charge >= 0.3 is 0 Å². The van der Waals surface area contributed by atoms with Crippen LogP contribution in [0.5, 0.6) is 5.75 Å². The van der Waals surface area contributed by atoms with Crippen molar-refractivity contribution < 1.29 is 18.8 Å². The van der Waals surface area contributed by atoms with E-state index in [0.29, 0.717) is 5.56 Å². The van der Waals surface area contributed by atoms with Crippen LogP contribution in [0.1, 0.15) is 5.56 Å². The zero-order valence-corrected chi connectivity index (χ0v) is 12.8. The fourth-order valence-corrected chi connectivity index (χ4v) is 2.09. The van der Waals surface area contributed by atoms with Gasteiger partial charge in [-0.25, -0.2) is 4.39 Å². The quantitative estimate of drug-likeness (QED) is 0.665. The molecular weight excluding hydrogens is 327 g/mol. The molecule has 0 saturated heterocycles. The predicted molar refractivity (Wildman–Crippen MR) is 83.4 cm³/mol. The molecule has 0 aromatic heterocycles. The maximum absolute atomic E-state index is 12.9. The summed E-state index contributed by atoms with van der Waals surface area (Å²) in [5, 5.41) is 13.4. The number of nitro benzene ring substituents is 1. The summed E-state index contributed by atoms with van der Waals surface area (Å²) in [7, 11) is 0. The number of hydrogen-bond acceptors (Lipinski definition) is 4. The van der Waals surface area contributed by atoms with Crippen molar-refractivity contribution in [3.05, 3.63) is 62.9 Å². The Morgan fingerprint density at radius 3 is 2.78 bits per heavy atom. The van der Waals surface area contributed by atoms with Gasteiger partial charge in [0.1, 0.15) is 11.6 Å². The predicted octanol–water partition coefficient (Wildman–Crippen LogP) is 3.71. The molecule has 0 heterocycles. The molecule has 0 aliphatic heterocycles. The molecule has 0 saturated carbocycles. The van der Waals surface area contributed by atoms with Gasteiger partial charge < -0.3 is 10.1 Å². The second-order valence-corrected chi connectivity index (χ2v) is 5.03. The molecule has 0 spiro atoms. The molecule has 0 unspecified atom stereocenters. The highest BCUT2D eigenvalue weighted by Crippen LogP contribution is 2.27. The van der Waals surface area contributed by atoms with Gasteiger partial charge in [-0.3, -0.25) is 14.9 Å². The van der Waals surface area contributed by atoms with Crippen LogP contribution < -0.4 is 10.1 Å². The van der Waals surface area contributed by atoms with E-state index in [9.17, 15) is 19.3 Å². The fourth-order valence-electron chi connectivity index (χ4n) is 1.88. The zero-order chi connectivity index (χ0) is 17.0. The number of carbonyl (C=O) groups is 1. The van der Waals surface area contributed by atoms with Crippen molar-refractivity contribution in [3.63, 3.8) is 0 Å². The van der Waals surface area contributed by atoms with Gasteiger partial charge in [-0.1, -0.05) is 17.7 Å². The summed E-state index contributed by atoms with van der Waals surface area (Å²) in [4.78, 5) is 22.1. The third-order valence-corrected chi connectivity index (χ3v) is 3.33. The van der Waals surface area contributed by atoms with Gasteiger partial charge in [-0.05, 0) is 31.2 Å². The largest absolute Gasteiger partial charge is 0.483 e. The van der Waals surface area contributed by atoms with E-state index < -0.39 is 16.6 Å². The molecule has 0 aliphatic rings. The van der Waals surface area contributed by atoms with E-state index >= 15 is 0 Å². The maximum atomic E-state index is 12.9. The van der Waals surface area contributed by atoms with Gasteiger partial charge in [0.15, 0.2) is 6.61 Å². The molecule has 23 heavy (non-hydrogen) atoms. The molecule has 0 bridgehead atoms. The molecule has 2 rings (SSSR count). The van der Waals surface area contributed by atoms with Crippen LogP contribution >= 0.6 is 11.6 Å². The first-order chi connectivity index (χ1) is 10.9. The lowest BCUT2D eigenvalue weighted by Gasteiger charge is -2.10. The van der Waals surface area contributed by atoms with E-state index in [0.717, 1.165) is 12.1 Å². The monoisotopic (exact) mass is 338 g/mol. The van der Waals surface area contributed by atoms with Crippen LogP contribution in [0.4, 0.5) is 15.8 Å². The number of anilines is 1. The molecule has 1 amide bonds. The Hall–Kier alpha value is -2.67. The first-order valence-corrected chi connectivity index (χ1v) is 6.88. The first kappa shape index (κ1) is 16.7. The number of hydrogen-bond donors (Lipinski definition) is 1. The minimum Gasteiger partial charge on any atom is -0.483 e. The molecular formula is C15H12ClFN2O4. The van der Waals surface area contributed by atoms with Crippen molar-refractivity contribution >= 4 is 28.9 Å². The summed E-state index contributed by atoms with van der Waals surface area (Å²) in [5.74, 6) is -0.805. The third kappa shape index (κ3) is 4.17. The zero-order valence-electron chi connectivity index (χ0n) is 12.0. The SMILES string of the molecule is Cc1c(OCC(=O)Nc2ccc(F)cc2Cl)cccc1[N+](=O)[O-]. The lowest BCUT2D eigenvalue weighted by molar-refractivity contribution is -0.385. The molecule has 0 atom stereocenters. The van der Waals surface area contributed by atoms with Crippen molar-refractivity contribution in [2.45, 2.75) is 6.92 Å². The second-order valence-electron chi connectivity index (χ2n) is 4.62. The Morgan fingerprint density at radius 1 is 1.39 bits per heavy atom. The van der Waals surface area contributed by atoms with Gasteiger partial charge in [0.05, 0.1) is 21.2 Å². The number of nitro groups is 1. The normalized spacial score (nSPS) is 10.2. The van der Waals surface area contributed by atoms with E-state index in [-0.39, 0.29) is 28.8 Å². The lowest BCUT2D eigenvalue weighted by atomic mass is 10.2. The minimum atomic E-state index is -0.527. The van der Waals surface area contributed by atoms with Gasteiger partial charge in [-0.2, -0.15) is 0 Å². The number of benzene rings is 2. The third-order valence-electron chi connectivity index (χ3n) is 3.02. The highest BCUT2D eigenvalue weighted by molar-refractivity contribution is 6.33. The summed E-state index contributed by atoms with van der Waals surface area (Å²) >= 11 is 5.80. The highest BCUT2D eigenvalue weighted by atomic mass is 35.5. The van der Waals surface area contributed by atoms with Crippen molar-refractivity contribution in [2.75, 3.05) is 11.9 Å². The van der Waals surface area contributed by atoms with Crippen molar-refractivity contribution in [1.29, 1.82) is 0 Å². The summed E-state index contributed by atoms with van der Waals surface area (Å²) in [5.41, 5.74) is 0.479. The number of carbonyl (C=O) groups excluding carboxylic acids is 1. The first-order valence-electron chi connectivity index (χ1n) is 6.50. The summed E-state index contributed by atoms with van der Waals surface area (Å²) in [6.07, 6.45) is 0. The average Bonchev–Trinajstić information content (AvgIpc) is 2.49. The van der Waals surface area contributed by atoms with E-state index in [1.807, 2.05) is 0 Å². The molecule has 0 aliphatic carbocycles. The molecule has 8 heteroatoms. The van der Waals surface area contributed by atoms with Crippen LogP contribution in [0.2, 0.25) is 5.02 Å². The summed E-state index contributed by atoms with van der Waals surface area (Å²) in [6.45, 7) is 1.16. The number of nitrogens with zero attached hydrogens (tertiary/aromatic N) is 1. The molecule has 0 radical (unpaired) electrons. The molecule has 120 valence electrons. The van der Waals surface area contributed by atoms with Crippen LogP contribution in [0, 0.1) is 22.9 Å². The van der Waals surface area contributed by atoms with Gasteiger partial charge in [-0.15, -0.1) is 0 Å². The molecule has 1 N–H and O–H groups in total. The number of amides is 1. The summed E-state index contributed by atoms with van der Waals surface area (Å²) in [6, 6.07) is 7.90. The smallest absolute Gasteiger partial charge is 0.276 e. The van der Waals surface area contributed by atoms with E-state index in [4.69, 9.17) is 16.3 Å². The minimum absolute atomic E-state index is 0.0601. The Labute approximate surface area is 136 Å². The Bertz CT molecular complexity index is 767. The topological polar surface area (TPSA) is 81.5 Å². The second kappa shape index (κ2) is 7.06. The molecule has 2 aromatic rings. The van der Waals surface area contributed by atoms with Crippen molar-refractivity contribution in [2.24, 2.45) is 0 Å². The van der Waals surface area contributed by atoms with Crippen LogP contribution in [0.3, 0.4) is 0 Å². The van der Waals surface area contributed by atoms with E-state index in [1.54, 1.807) is 0 Å².